The second-order valence-electron chi connectivity index (χ2n) is 9.39. The number of aryl methyl sites for hydroxylation is 2. The molecule has 192 valence electrons. The number of sulfonamides is 1. The molecule has 0 atom stereocenters. The summed E-state index contributed by atoms with van der Waals surface area (Å²) in [5.74, 6) is 1.50. The molecule has 0 bridgehead atoms. The zero-order chi connectivity index (χ0) is 25.6. The number of rotatable bonds is 11. The number of Topliss-reactive ketones (excluding diaryl/α,β-unsaturated/α-hetero) is 1. The molecule has 0 aliphatic carbocycles. The van der Waals surface area contributed by atoms with E-state index in [2.05, 4.69) is 24.1 Å². The lowest BCUT2D eigenvalue weighted by Gasteiger charge is -2.20. The largest absolute Gasteiger partial charge is 0.497 e. The van der Waals surface area contributed by atoms with Crippen LogP contribution in [0.15, 0.2) is 35.2 Å². The second kappa shape index (κ2) is 12.0. The molecule has 0 aromatic heterocycles. The van der Waals surface area contributed by atoms with Gasteiger partial charge in [-0.25, -0.2) is 12.7 Å². The molecule has 8 heteroatoms. The van der Waals surface area contributed by atoms with Gasteiger partial charge in [0.25, 0.3) is 0 Å². The lowest BCUT2D eigenvalue weighted by atomic mass is 10.0. The molecule has 2 aromatic carbocycles. The van der Waals surface area contributed by atoms with Crippen LogP contribution in [0.25, 0.3) is 0 Å². The standard InChI is InChI=1S/C27H38N2O5S/c1-20-17-26(33-5)18-21(2)27(20)35(31,32)29(4)15-12-24(30)7-6-16-34-25-9-8-22-10-13-28(3)14-11-23(22)19-25/h8-9,17-19H,6-7,10-16H2,1-5H3. The maximum absolute atomic E-state index is 13.1. The van der Waals surface area contributed by atoms with Crippen LogP contribution in [0.4, 0.5) is 0 Å². The Kier molecular flexibility index (Phi) is 9.33. The van der Waals surface area contributed by atoms with Crippen molar-refractivity contribution in [3.63, 3.8) is 0 Å². The quantitative estimate of drug-likeness (QED) is 0.435. The number of fused-ring (bicyclic) bond motifs is 1. The van der Waals surface area contributed by atoms with E-state index in [0.29, 0.717) is 36.3 Å². The second-order valence-corrected chi connectivity index (χ2v) is 11.4. The van der Waals surface area contributed by atoms with Crippen molar-refractivity contribution in [2.75, 3.05) is 47.4 Å². The molecule has 1 heterocycles. The molecule has 2 aromatic rings. The molecule has 0 N–H and O–H groups in total. The van der Waals surface area contributed by atoms with Gasteiger partial charge in [0, 0.05) is 39.5 Å². The molecule has 0 saturated carbocycles. The van der Waals surface area contributed by atoms with Crippen LogP contribution >= 0.6 is 0 Å². The minimum Gasteiger partial charge on any atom is -0.497 e. The smallest absolute Gasteiger partial charge is 0.243 e. The van der Waals surface area contributed by atoms with E-state index in [9.17, 15) is 13.2 Å². The fraction of sp³-hybridized carbons (Fsp3) is 0.519. The van der Waals surface area contributed by atoms with E-state index in [1.807, 2.05) is 6.07 Å². The monoisotopic (exact) mass is 502 g/mol. The summed E-state index contributed by atoms with van der Waals surface area (Å²) in [6.07, 6.45) is 3.22. The fourth-order valence-corrected chi connectivity index (χ4v) is 6.06. The molecule has 0 spiro atoms. The van der Waals surface area contributed by atoms with Crippen molar-refractivity contribution >= 4 is 15.8 Å². The van der Waals surface area contributed by atoms with Crippen molar-refractivity contribution in [1.29, 1.82) is 0 Å². The highest BCUT2D eigenvalue weighted by molar-refractivity contribution is 7.89. The third kappa shape index (κ3) is 7.06. The molecule has 0 radical (unpaired) electrons. The molecular weight excluding hydrogens is 464 g/mol. The number of benzene rings is 2. The lowest BCUT2D eigenvalue weighted by Crippen LogP contribution is -2.30. The van der Waals surface area contributed by atoms with Crippen molar-refractivity contribution in [3.8, 4) is 11.5 Å². The van der Waals surface area contributed by atoms with Crippen LogP contribution in [0.3, 0.4) is 0 Å². The summed E-state index contributed by atoms with van der Waals surface area (Å²) in [5.41, 5.74) is 3.98. The molecule has 3 rings (SSSR count). The van der Waals surface area contributed by atoms with Crippen molar-refractivity contribution in [3.05, 3.63) is 52.6 Å². The van der Waals surface area contributed by atoms with E-state index in [1.165, 1.54) is 22.5 Å². The first-order valence-corrected chi connectivity index (χ1v) is 13.6. The molecule has 0 unspecified atom stereocenters. The molecule has 0 saturated heterocycles. The Hall–Kier alpha value is -2.42. The summed E-state index contributed by atoms with van der Waals surface area (Å²) in [4.78, 5) is 15.0. The summed E-state index contributed by atoms with van der Waals surface area (Å²) in [6.45, 7) is 6.24. The number of hydrogen-bond acceptors (Lipinski definition) is 6. The van der Waals surface area contributed by atoms with Crippen LogP contribution < -0.4 is 9.47 Å². The lowest BCUT2D eigenvalue weighted by molar-refractivity contribution is -0.119. The van der Waals surface area contributed by atoms with Crippen LogP contribution in [0.5, 0.6) is 11.5 Å². The third-order valence-corrected chi connectivity index (χ3v) is 8.78. The summed E-state index contributed by atoms with van der Waals surface area (Å²) >= 11 is 0. The first kappa shape index (κ1) is 27.2. The topological polar surface area (TPSA) is 76.2 Å². The number of hydrogen-bond donors (Lipinski definition) is 0. The molecule has 7 nitrogen and oxygen atoms in total. The van der Waals surface area contributed by atoms with Crippen LogP contribution in [-0.2, 0) is 27.7 Å². The van der Waals surface area contributed by atoms with Gasteiger partial charge in [0.2, 0.25) is 10.0 Å². The number of ketones is 1. The van der Waals surface area contributed by atoms with Gasteiger partial charge in [0.05, 0.1) is 18.6 Å². The highest BCUT2D eigenvalue weighted by atomic mass is 32.2. The predicted octanol–water partition coefficient (Wildman–Crippen LogP) is 3.78. The molecule has 0 amide bonds. The number of likely N-dealkylation sites (N-methyl/N-ethyl adjacent to an activating group) is 1. The van der Waals surface area contributed by atoms with Crippen molar-refractivity contribution in [1.82, 2.24) is 9.21 Å². The molecule has 35 heavy (non-hydrogen) atoms. The third-order valence-electron chi connectivity index (χ3n) is 6.62. The van der Waals surface area contributed by atoms with Crippen LogP contribution in [0, 0.1) is 13.8 Å². The highest BCUT2D eigenvalue weighted by Crippen LogP contribution is 2.28. The Balaban J connectivity index is 1.45. The van der Waals surface area contributed by atoms with Crippen molar-refractivity contribution < 1.29 is 22.7 Å². The first-order valence-electron chi connectivity index (χ1n) is 12.2. The summed E-state index contributed by atoms with van der Waals surface area (Å²) in [5, 5.41) is 0. The average molecular weight is 503 g/mol. The minimum atomic E-state index is -3.70. The Morgan fingerprint density at radius 1 is 1.00 bits per heavy atom. The zero-order valence-corrected chi connectivity index (χ0v) is 22.4. The van der Waals surface area contributed by atoms with Crippen LogP contribution in [0.2, 0.25) is 0 Å². The van der Waals surface area contributed by atoms with E-state index in [-0.39, 0.29) is 23.6 Å². The van der Waals surface area contributed by atoms with Gasteiger partial charge in [0.15, 0.2) is 0 Å². The van der Waals surface area contributed by atoms with E-state index >= 15 is 0 Å². The van der Waals surface area contributed by atoms with Gasteiger partial charge in [-0.3, -0.25) is 4.79 Å². The fourth-order valence-electron chi connectivity index (χ4n) is 4.48. The zero-order valence-electron chi connectivity index (χ0n) is 21.6. The normalized spacial score (nSPS) is 14.5. The highest BCUT2D eigenvalue weighted by Gasteiger charge is 2.25. The minimum absolute atomic E-state index is 0.0313. The van der Waals surface area contributed by atoms with Gasteiger partial charge in [0.1, 0.15) is 17.3 Å². The van der Waals surface area contributed by atoms with Gasteiger partial charge < -0.3 is 14.4 Å². The summed E-state index contributed by atoms with van der Waals surface area (Å²) in [7, 11) is 1.52. The van der Waals surface area contributed by atoms with Gasteiger partial charge in [-0.2, -0.15) is 0 Å². The van der Waals surface area contributed by atoms with Gasteiger partial charge >= 0.3 is 0 Å². The summed E-state index contributed by atoms with van der Waals surface area (Å²) in [6, 6.07) is 9.70. The first-order chi connectivity index (χ1) is 16.6. The Bertz CT molecular complexity index is 1120. The number of carbonyl (C=O) groups excluding carboxylic acids is 1. The Labute approximate surface area is 210 Å². The molecule has 1 aliphatic heterocycles. The van der Waals surface area contributed by atoms with Gasteiger partial charge in [-0.15, -0.1) is 0 Å². The van der Waals surface area contributed by atoms with E-state index < -0.39 is 10.0 Å². The van der Waals surface area contributed by atoms with E-state index in [1.54, 1.807) is 33.1 Å². The van der Waals surface area contributed by atoms with E-state index in [4.69, 9.17) is 9.47 Å². The van der Waals surface area contributed by atoms with Crippen LogP contribution in [0.1, 0.15) is 41.5 Å². The predicted molar refractivity (Wildman–Crippen MR) is 138 cm³/mol. The van der Waals surface area contributed by atoms with Crippen molar-refractivity contribution in [2.45, 2.75) is 50.8 Å². The van der Waals surface area contributed by atoms with Gasteiger partial charge in [-0.1, -0.05) is 6.07 Å². The molecular formula is C27H38N2O5S. The number of nitrogens with zero attached hydrogens (tertiary/aromatic N) is 2. The maximum Gasteiger partial charge on any atom is 0.243 e. The number of ether oxygens (including phenoxy) is 2. The molecule has 0 fully saturated rings. The van der Waals surface area contributed by atoms with Crippen molar-refractivity contribution in [2.24, 2.45) is 0 Å². The number of carbonyl (C=O) groups is 1. The maximum atomic E-state index is 13.1. The molecule has 1 aliphatic rings. The Morgan fingerprint density at radius 2 is 1.66 bits per heavy atom. The van der Waals surface area contributed by atoms with E-state index in [0.717, 1.165) is 31.7 Å². The Morgan fingerprint density at radius 3 is 2.31 bits per heavy atom. The van der Waals surface area contributed by atoms with Gasteiger partial charge in [-0.05, 0) is 86.7 Å². The van der Waals surface area contributed by atoms with Crippen LogP contribution in [-0.4, -0.2) is 70.9 Å². The SMILES string of the molecule is COc1cc(C)c(S(=O)(=O)N(C)CCC(=O)CCCOc2ccc3c(c2)CCN(C)CC3)c(C)c1. The average Bonchev–Trinajstić information content (AvgIpc) is 3.00. The summed E-state index contributed by atoms with van der Waals surface area (Å²) < 4.78 is 38.6. The number of methoxy groups -OCH3 is 1.